The molecular weight excluding hydrogens is 416 g/mol. The molecule has 3 N–H and O–H groups in total. The van der Waals surface area contributed by atoms with Gasteiger partial charge >= 0.3 is 11.6 Å². The van der Waals surface area contributed by atoms with Crippen LogP contribution in [-0.4, -0.2) is 42.6 Å². The second kappa shape index (κ2) is 10.3. The van der Waals surface area contributed by atoms with Crippen LogP contribution in [-0.2, 0) is 20.8 Å². The highest BCUT2D eigenvalue weighted by Gasteiger charge is 2.13. The Hall–Kier alpha value is -4.14. The average molecular weight is 438 g/mol. The van der Waals surface area contributed by atoms with Crippen LogP contribution in [0.4, 0.5) is 0 Å². The van der Waals surface area contributed by atoms with Gasteiger partial charge in [0, 0.05) is 23.4 Å². The first-order valence-corrected chi connectivity index (χ1v) is 9.81. The fourth-order valence-electron chi connectivity index (χ4n) is 3.08. The zero-order valence-corrected chi connectivity index (χ0v) is 17.3. The highest BCUT2D eigenvalue weighted by atomic mass is 16.5. The number of carbonyl (C=O) groups is 3. The van der Waals surface area contributed by atoms with E-state index in [0.29, 0.717) is 23.3 Å². The number of amides is 2. The monoisotopic (exact) mass is 438 g/mol. The van der Waals surface area contributed by atoms with Crippen LogP contribution in [0.15, 0.2) is 57.7 Å². The van der Waals surface area contributed by atoms with Gasteiger partial charge in [-0.25, -0.2) is 4.79 Å². The second-order valence-electron chi connectivity index (χ2n) is 7.05. The molecule has 3 aromatic rings. The van der Waals surface area contributed by atoms with Crippen molar-refractivity contribution < 1.29 is 28.6 Å². The average Bonchev–Trinajstić information content (AvgIpc) is 2.78. The third-order valence-corrected chi connectivity index (χ3v) is 4.74. The number of benzene rings is 2. The number of fused-ring (bicyclic) bond motifs is 1. The van der Waals surface area contributed by atoms with E-state index in [1.807, 2.05) is 37.3 Å². The lowest BCUT2D eigenvalue weighted by Crippen LogP contribution is -2.40. The molecule has 0 radical (unpaired) electrons. The molecule has 0 aliphatic carbocycles. The molecule has 2 aromatic carbocycles. The van der Waals surface area contributed by atoms with Crippen molar-refractivity contribution in [1.82, 2.24) is 10.6 Å². The van der Waals surface area contributed by atoms with Gasteiger partial charge in [-0.15, -0.1) is 0 Å². The van der Waals surface area contributed by atoms with E-state index in [4.69, 9.17) is 14.3 Å². The highest BCUT2D eigenvalue weighted by Crippen LogP contribution is 2.25. The minimum atomic E-state index is -1.18. The lowest BCUT2D eigenvalue weighted by molar-refractivity contribution is -0.137. The summed E-state index contributed by atoms with van der Waals surface area (Å²) >= 11 is 0. The number of carboxylic acids is 1. The van der Waals surface area contributed by atoms with Gasteiger partial charge in [0.25, 0.3) is 5.91 Å². The Morgan fingerprint density at radius 1 is 1.00 bits per heavy atom. The van der Waals surface area contributed by atoms with Crippen LogP contribution < -0.4 is 21.0 Å². The second-order valence-corrected chi connectivity index (χ2v) is 7.05. The summed E-state index contributed by atoms with van der Waals surface area (Å²) in [7, 11) is 0. The molecule has 0 saturated heterocycles. The number of rotatable bonds is 9. The Kier molecular flexibility index (Phi) is 7.22. The minimum absolute atomic E-state index is 0.321. The number of hydrogen-bond donors (Lipinski definition) is 3. The van der Waals surface area contributed by atoms with Gasteiger partial charge in [0.2, 0.25) is 5.91 Å². The summed E-state index contributed by atoms with van der Waals surface area (Å²) < 4.78 is 10.9. The maximum absolute atomic E-state index is 12.5. The van der Waals surface area contributed by atoms with Crippen LogP contribution in [0, 0.1) is 6.92 Å². The van der Waals surface area contributed by atoms with Gasteiger partial charge in [-0.05, 0) is 30.2 Å². The van der Waals surface area contributed by atoms with Crippen molar-refractivity contribution in [2.24, 2.45) is 0 Å². The molecule has 32 heavy (non-hydrogen) atoms. The van der Waals surface area contributed by atoms with Crippen molar-refractivity contribution in [2.45, 2.75) is 13.3 Å². The molecule has 0 spiro atoms. The summed E-state index contributed by atoms with van der Waals surface area (Å²) in [5, 5.41) is 13.7. The Morgan fingerprint density at radius 3 is 2.44 bits per heavy atom. The first-order valence-electron chi connectivity index (χ1n) is 9.81. The van der Waals surface area contributed by atoms with E-state index in [2.05, 4.69) is 10.6 Å². The van der Waals surface area contributed by atoms with E-state index in [1.54, 1.807) is 12.1 Å². The molecule has 2 amide bonds. The molecular formula is C23H22N2O7. The fourth-order valence-corrected chi connectivity index (χ4v) is 3.08. The topological polar surface area (TPSA) is 135 Å². The van der Waals surface area contributed by atoms with E-state index in [-0.39, 0.29) is 13.2 Å². The number of ether oxygens (including phenoxy) is 1. The molecule has 166 valence electrons. The van der Waals surface area contributed by atoms with Gasteiger partial charge in [0.1, 0.15) is 17.9 Å². The van der Waals surface area contributed by atoms with Crippen LogP contribution >= 0.6 is 0 Å². The molecule has 0 aliphatic rings. The van der Waals surface area contributed by atoms with Crippen LogP contribution in [0.5, 0.6) is 5.75 Å². The van der Waals surface area contributed by atoms with E-state index >= 15 is 0 Å². The number of nitrogens with one attached hydrogen (secondary N) is 2. The Labute approximate surface area is 183 Å². The molecule has 1 heterocycles. The first kappa shape index (κ1) is 22.5. The van der Waals surface area contributed by atoms with Crippen molar-refractivity contribution in [2.75, 3.05) is 19.7 Å². The molecule has 0 saturated carbocycles. The maximum Gasteiger partial charge on any atom is 0.340 e. The number of aryl methyl sites for hydroxylation is 1. The summed E-state index contributed by atoms with van der Waals surface area (Å²) in [6.45, 7) is 0.597. The van der Waals surface area contributed by atoms with E-state index in [9.17, 15) is 19.2 Å². The first-order chi connectivity index (χ1) is 15.3. The minimum Gasteiger partial charge on any atom is -0.484 e. The number of carbonyl (C=O) groups excluding carboxylic acids is 2. The fraction of sp³-hybridized carbons (Fsp3) is 0.217. The molecule has 9 heteroatoms. The normalized spacial score (nSPS) is 10.5. The zero-order valence-electron chi connectivity index (χ0n) is 17.3. The highest BCUT2D eigenvalue weighted by molar-refractivity contribution is 5.87. The molecule has 0 atom stereocenters. The van der Waals surface area contributed by atoms with Crippen molar-refractivity contribution in [3.8, 4) is 5.75 Å². The number of aliphatic carboxylic acids is 1. The van der Waals surface area contributed by atoms with Gasteiger partial charge < -0.3 is 24.9 Å². The van der Waals surface area contributed by atoms with E-state index in [1.165, 1.54) is 6.07 Å². The molecule has 1 aromatic heterocycles. The summed E-state index contributed by atoms with van der Waals surface area (Å²) in [5.41, 5.74) is 2.32. The molecule has 0 aliphatic heterocycles. The van der Waals surface area contributed by atoms with E-state index < -0.39 is 30.0 Å². The lowest BCUT2D eigenvalue weighted by atomic mass is 10.00. The van der Waals surface area contributed by atoms with Crippen LogP contribution in [0.2, 0.25) is 0 Å². The quantitative estimate of drug-likeness (QED) is 0.430. The summed E-state index contributed by atoms with van der Waals surface area (Å²) in [5.74, 6) is -2.05. The summed E-state index contributed by atoms with van der Waals surface area (Å²) in [4.78, 5) is 46.2. The predicted octanol–water partition coefficient (Wildman–Crippen LogP) is 1.39. The Bertz CT molecular complexity index is 1200. The van der Waals surface area contributed by atoms with E-state index in [0.717, 1.165) is 16.5 Å². The SMILES string of the molecule is Cc1c(Cc2ccccc2)c(=O)oc2cc(OCC(=O)NCC(=O)NCC(=O)O)ccc12. The molecule has 3 rings (SSSR count). The van der Waals surface area contributed by atoms with Gasteiger partial charge in [0.15, 0.2) is 6.61 Å². The maximum atomic E-state index is 12.5. The van der Waals surface area contributed by atoms with Crippen molar-refractivity contribution in [3.63, 3.8) is 0 Å². The Morgan fingerprint density at radius 2 is 1.72 bits per heavy atom. The lowest BCUT2D eigenvalue weighted by Gasteiger charge is -2.10. The van der Waals surface area contributed by atoms with Crippen LogP contribution in [0.25, 0.3) is 11.0 Å². The summed E-state index contributed by atoms with van der Waals surface area (Å²) in [6.07, 6.45) is 0.462. The van der Waals surface area contributed by atoms with Gasteiger partial charge in [0.05, 0.1) is 6.54 Å². The zero-order chi connectivity index (χ0) is 23.1. The molecule has 0 fully saturated rings. The third kappa shape index (κ3) is 5.94. The van der Waals surface area contributed by atoms with Crippen molar-refractivity contribution >= 4 is 28.8 Å². The van der Waals surface area contributed by atoms with Crippen molar-refractivity contribution in [3.05, 3.63) is 75.6 Å². The molecule has 0 unspecified atom stereocenters. The number of hydrogen-bond acceptors (Lipinski definition) is 6. The Balaban J connectivity index is 1.63. The van der Waals surface area contributed by atoms with Crippen LogP contribution in [0.3, 0.4) is 0 Å². The molecule has 9 nitrogen and oxygen atoms in total. The smallest absolute Gasteiger partial charge is 0.340 e. The summed E-state index contributed by atoms with van der Waals surface area (Å²) in [6, 6.07) is 14.6. The predicted molar refractivity (Wildman–Crippen MR) is 116 cm³/mol. The van der Waals surface area contributed by atoms with Gasteiger partial charge in [-0.2, -0.15) is 0 Å². The van der Waals surface area contributed by atoms with Crippen molar-refractivity contribution in [1.29, 1.82) is 0 Å². The standard InChI is InChI=1S/C23H22N2O7/c1-14-17-8-7-16(31-13-21(27)24-11-20(26)25-12-22(28)29)10-19(17)32-23(30)18(14)9-15-5-3-2-4-6-15/h2-8,10H,9,11-13H2,1H3,(H,24,27)(H,25,26)(H,28,29). The van der Waals surface area contributed by atoms with Crippen LogP contribution in [0.1, 0.15) is 16.7 Å². The van der Waals surface area contributed by atoms with Gasteiger partial charge in [-0.1, -0.05) is 30.3 Å². The van der Waals surface area contributed by atoms with Gasteiger partial charge in [-0.3, -0.25) is 14.4 Å². The third-order valence-electron chi connectivity index (χ3n) is 4.74. The molecule has 0 bridgehead atoms. The largest absolute Gasteiger partial charge is 0.484 e. The number of carboxylic acid groups (broad SMARTS) is 1.